The van der Waals surface area contributed by atoms with Gasteiger partial charge in [-0.2, -0.15) is 0 Å². The second-order valence-electron chi connectivity index (χ2n) is 8.10. The van der Waals surface area contributed by atoms with Crippen molar-refractivity contribution in [1.29, 1.82) is 5.41 Å². The van der Waals surface area contributed by atoms with Gasteiger partial charge in [0, 0.05) is 0 Å². The molecule has 0 spiro atoms. The molecule has 5 nitrogen and oxygen atoms in total. The van der Waals surface area contributed by atoms with Crippen molar-refractivity contribution in [2.75, 3.05) is 0 Å². The molecule has 0 bridgehead atoms. The van der Waals surface area contributed by atoms with Crippen molar-refractivity contribution < 1.29 is 14.3 Å². The zero-order valence-corrected chi connectivity index (χ0v) is 16.7. The van der Waals surface area contributed by atoms with E-state index in [1.165, 1.54) is 6.21 Å². The quantitative estimate of drug-likeness (QED) is 0.365. The van der Waals surface area contributed by atoms with Gasteiger partial charge in [0.15, 0.2) is 8.24 Å². The summed E-state index contributed by atoms with van der Waals surface area (Å²) in [5, 5.41) is 7.28. The molecule has 2 rings (SSSR count). The molecule has 136 valence electrons. The van der Waals surface area contributed by atoms with Crippen LogP contribution in [0.2, 0.25) is 18.1 Å². The molecule has 1 aliphatic heterocycles. The van der Waals surface area contributed by atoms with Crippen LogP contribution >= 0.6 is 0 Å². The second-order valence-corrected chi connectivity index (χ2v) is 13.2. The van der Waals surface area contributed by atoms with Gasteiger partial charge in [-0.05, 0) is 23.2 Å². The van der Waals surface area contributed by atoms with Gasteiger partial charge in [0.05, 0.1) is 5.92 Å². The van der Waals surface area contributed by atoms with Gasteiger partial charge in [-0.3, -0.25) is 4.79 Å². The van der Waals surface area contributed by atoms with Crippen LogP contribution in [0.25, 0.3) is 0 Å². The molecule has 2 atom stereocenters. The van der Waals surface area contributed by atoms with Crippen LogP contribution in [0.4, 0.5) is 0 Å². The highest BCUT2D eigenvalue weighted by atomic mass is 28.3. The Morgan fingerprint density at radius 1 is 1.28 bits per heavy atom. The summed E-state index contributed by atoms with van der Waals surface area (Å²) in [7, 11) is -2.18. The number of esters is 1. The molecule has 6 heteroatoms. The summed E-state index contributed by atoms with van der Waals surface area (Å²) in [4.78, 5) is 25.4. The fourth-order valence-corrected chi connectivity index (χ4v) is 5.39. The smallest absolute Gasteiger partial charge is 0.329 e. The fourth-order valence-electron chi connectivity index (χ4n) is 2.97. The molecule has 1 aromatic carbocycles. The maximum Gasteiger partial charge on any atom is 0.329 e. The summed E-state index contributed by atoms with van der Waals surface area (Å²) < 4.78 is 7.30. The number of β-lactam (4-membered cyclic amide) rings is 1. The van der Waals surface area contributed by atoms with Gasteiger partial charge in [0.1, 0.15) is 12.6 Å². The molecule has 0 aromatic heterocycles. The minimum atomic E-state index is -2.18. The number of nitrogens with one attached hydrogen (secondary N) is 1. The van der Waals surface area contributed by atoms with E-state index in [0.29, 0.717) is 0 Å². The summed E-state index contributed by atoms with van der Waals surface area (Å²) in [6.07, 6.45) is 1.50. The van der Waals surface area contributed by atoms with E-state index in [1.54, 1.807) is 4.57 Å². The van der Waals surface area contributed by atoms with Gasteiger partial charge in [-0.15, -0.1) is 0 Å². The summed E-state index contributed by atoms with van der Waals surface area (Å²) >= 11 is 0. The van der Waals surface area contributed by atoms with Crippen molar-refractivity contribution in [3.8, 4) is 0 Å². The average Bonchev–Trinajstić information content (AvgIpc) is 2.54. The molecule has 0 radical (unpaired) electrons. The zero-order chi connectivity index (χ0) is 18.8. The van der Waals surface area contributed by atoms with Gasteiger partial charge < -0.3 is 14.7 Å². The van der Waals surface area contributed by atoms with E-state index in [1.807, 2.05) is 30.3 Å². The van der Waals surface area contributed by atoms with Gasteiger partial charge in [-0.1, -0.05) is 64.2 Å². The van der Waals surface area contributed by atoms with Gasteiger partial charge >= 0.3 is 5.97 Å². The number of rotatable bonds is 6. The molecule has 1 N–H and O–H groups in total. The summed E-state index contributed by atoms with van der Waals surface area (Å²) in [5.41, 5.74) is 0.920. The first-order valence-corrected chi connectivity index (χ1v) is 11.6. The largest absolute Gasteiger partial charge is 0.459 e. The number of hydrogen-bond donors (Lipinski definition) is 1. The van der Waals surface area contributed by atoms with Gasteiger partial charge in [0.2, 0.25) is 5.91 Å². The van der Waals surface area contributed by atoms with Gasteiger partial charge in [0.25, 0.3) is 0 Å². The van der Waals surface area contributed by atoms with Crippen molar-refractivity contribution in [3.05, 3.63) is 35.9 Å². The zero-order valence-electron chi connectivity index (χ0n) is 15.7. The van der Waals surface area contributed by atoms with Crippen molar-refractivity contribution in [2.24, 2.45) is 5.92 Å². The molecular weight excluding hydrogens is 332 g/mol. The van der Waals surface area contributed by atoms with Crippen LogP contribution in [0.1, 0.15) is 32.8 Å². The first-order chi connectivity index (χ1) is 11.6. The van der Waals surface area contributed by atoms with E-state index in [-0.39, 0.29) is 29.9 Å². The molecule has 0 unspecified atom stereocenters. The maximum absolute atomic E-state index is 12.7. The lowest BCUT2D eigenvalue weighted by Gasteiger charge is -2.57. The topological polar surface area (TPSA) is 70.5 Å². The Kier molecular flexibility index (Phi) is 5.51. The van der Waals surface area contributed by atoms with E-state index < -0.39 is 20.2 Å². The van der Waals surface area contributed by atoms with Crippen molar-refractivity contribution in [3.63, 3.8) is 0 Å². The van der Waals surface area contributed by atoms with Crippen LogP contribution in [0.5, 0.6) is 0 Å². The Labute approximate surface area is 151 Å². The predicted molar refractivity (Wildman–Crippen MR) is 101 cm³/mol. The maximum atomic E-state index is 12.7. The van der Waals surface area contributed by atoms with Crippen molar-refractivity contribution >= 4 is 26.3 Å². The van der Waals surface area contributed by atoms with Gasteiger partial charge in [-0.25, -0.2) is 4.79 Å². The molecule has 1 amide bonds. The predicted octanol–water partition coefficient (Wildman–Crippen LogP) is 3.60. The standard InChI is InChI=1S/C19H28N2O3Si/c1-19(2,3)25(4,5)21-16(15(11-12-20)17(21)22)18(23)24-13-14-9-7-6-8-10-14/h6-10,12,15-16,20H,11,13H2,1-5H3/t15-,16+/m1/s1. The lowest BCUT2D eigenvalue weighted by atomic mass is 9.88. The Bertz CT molecular complexity index is 652. The number of hydrogen-bond acceptors (Lipinski definition) is 4. The van der Waals surface area contributed by atoms with Crippen molar-refractivity contribution in [1.82, 2.24) is 4.57 Å². The summed E-state index contributed by atoms with van der Waals surface area (Å²) in [6, 6.07) is 8.94. The average molecular weight is 361 g/mol. The first-order valence-electron chi connectivity index (χ1n) is 8.64. The molecule has 1 heterocycles. The lowest BCUT2D eigenvalue weighted by Crippen LogP contribution is -2.75. The van der Waals surface area contributed by atoms with E-state index in [9.17, 15) is 9.59 Å². The Morgan fingerprint density at radius 2 is 1.88 bits per heavy atom. The van der Waals surface area contributed by atoms with E-state index in [4.69, 9.17) is 10.1 Å². The van der Waals surface area contributed by atoms with Crippen LogP contribution in [0.3, 0.4) is 0 Å². The molecule has 0 aliphatic carbocycles. The van der Waals surface area contributed by atoms with Crippen LogP contribution in [0.15, 0.2) is 30.3 Å². The lowest BCUT2D eigenvalue weighted by molar-refractivity contribution is -0.168. The minimum Gasteiger partial charge on any atom is -0.459 e. The van der Waals surface area contributed by atoms with Crippen LogP contribution < -0.4 is 0 Å². The highest BCUT2D eigenvalue weighted by Crippen LogP contribution is 2.45. The second kappa shape index (κ2) is 7.12. The van der Waals surface area contributed by atoms with Crippen LogP contribution in [-0.2, 0) is 20.9 Å². The number of nitrogens with zero attached hydrogens (tertiary/aromatic N) is 1. The fraction of sp³-hybridized carbons (Fsp3) is 0.526. The first kappa shape index (κ1) is 19.4. The third kappa shape index (κ3) is 3.68. The molecule has 0 saturated carbocycles. The van der Waals surface area contributed by atoms with Crippen LogP contribution in [-0.4, -0.2) is 36.9 Å². The number of amides is 1. The molecule has 25 heavy (non-hydrogen) atoms. The van der Waals surface area contributed by atoms with E-state index in [2.05, 4.69) is 33.9 Å². The molecular formula is C19H28N2O3Si. The third-order valence-electron chi connectivity index (χ3n) is 5.49. The van der Waals surface area contributed by atoms with Crippen molar-refractivity contribution in [2.45, 2.75) is 58.0 Å². The van der Waals surface area contributed by atoms with E-state index in [0.717, 1.165) is 5.56 Å². The molecule has 1 fully saturated rings. The summed E-state index contributed by atoms with van der Waals surface area (Å²) in [5.74, 6) is -0.841. The number of carbonyl (C=O) groups excluding carboxylic acids is 2. The van der Waals surface area contributed by atoms with E-state index >= 15 is 0 Å². The number of benzene rings is 1. The Balaban J connectivity index is 2.18. The number of carbonyl (C=O) groups is 2. The third-order valence-corrected chi connectivity index (χ3v) is 10.9. The normalized spacial score (nSPS) is 20.8. The Morgan fingerprint density at radius 3 is 2.40 bits per heavy atom. The SMILES string of the molecule is CC(C)(C)[Si](C)(C)N1C(=O)[C@H](CC=N)[C@H]1C(=O)OCc1ccccc1. The molecule has 1 aromatic rings. The highest BCUT2D eigenvalue weighted by molar-refractivity contribution is 6.80. The number of ether oxygens (including phenoxy) is 1. The highest BCUT2D eigenvalue weighted by Gasteiger charge is 2.60. The minimum absolute atomic E-state index is 0.0169. The molecule has 1 saturated heterocycles. The Hall–Kier alpha value is -1.95. The van der Waals surface area contributed by atoms with Crippen LogP contribution in [0, 0.1) is 11.3 Å². The molecule has 1 aliphatic rings. The monoisotopic (exact) mass is 360 g/mol. The summed E-state index contributed by atoms with van der Waals surface area (Å²) in [6.45, 7) is 10.8.